The second-order valence-corrected chi connectivity index (χ2v) is 9.59. The number of aliphatic imine (C=N–C) groups is 4. The van der Waals surface area contributed by atoms with E-state index in [9.17, 15) is 0 Å². The smallest absolute Gasteiger partial charge is 0.218 e. The number of rotatable bonds is 15. The maximum atomic E-state index is 8.45. The van der Waals surface area contributed by atoms with Crippen LogP contribution in [0.1, 0.15) is 120 Å². The SMILES string of the molecule is CC.CC.CC(C)(CCCCCCN=C(N)N=C(N)N)N=C(N)NC#N.CC(C)CCCCCCN=C(N)NC#N. The van der Waals surface area contributed by atoms with E-state index in [0.29, 0.717) is 13.1 Å². The number of guanidine groups is 4. The topological polar surface area (TPSA) is 251 Å². The van der Waals surface area contributed by atoms with Gasteiger partial charge in [0, 0.05) is 13.1 Å². The third-order valence-corrected chi connectivity index (χ3v) is 4.98. The molecular formula is C28H61N13. The molecule has 0 spiro atoms. The molecule has 0 saturated heterocycles. The van der Waals surface area contributed by atoms with E-state index in [1.165, 1.54) is 25.7 Å². The number of hydrogen-bond donors (Lipinski definition) is 7. The van der Waals surface area contributed by atoms with Gasteiger partial charge < -0.3 is 28.7 Å². The van der Waals surface area contributed by atoms with Gasteiger partial charge in [0.15, 0.2) is 18.3 Å². The lowest BCUT2D eigenvalue weighted by molar-refractivity contribution is 0.445. The van der Waals surface area contributed by atoms with Gasteiger partial charge in [-0.25, -0.2) is 4.99 Å². The fraction of sp³-hybridized carbons (Fsp3) is 0.786. The van der Waals surface area contributed by atoms with Crippen molar-refractivity contribution in [1.29, 1.82) is 10.5 Å². The Kier molecular flexibility index (Phi) is 35.1. The zero-order valence-corrected chi connectivity index (χ0v) is 27.1. The molecule has 238 valence electrons. The standard InChI is InChI=1S/C13H27N9.C11H22N4.2C2H6/c1-13(2,22-12(18)20-9-14)7-5-3-4-6-8-19-11(17)21-10(15)16;1-10(2)7-5-3-4-6-8-14-11(13)15-9-12;2*1-2/h3-8H2,1-2H3,(H3,18,20,22)(H6,15,16,17,19,21);10H,3-8H2,1-2H3,(H3,13,14,15);2*1-2H3. The van der Waals surface area contributed by atoms with Gasteiger partial charge in [0.2, 0.25) is 17.9 Å². The summed E-state index contributed by atoms with van der Waals surface area (Å²) in [5.74, 6) is 1.19. The Morgan fingerprint density at radius 1 is 0.707 bits per heavy atom. The van der Waals surface area contributed by atoms with Crippen LogP contribution in [0.15, 0.2) is 20.0 Å². The minimum Gasteiger partial charge on any atom is -0.370 e. The van der Waals surface area contributed by atoms with Crippen LogP contribution in [0.3, 0.4) is 0 Å². The van der Waals surface area contributed by atoms with E-state index < -0.39 is 0 Å². The molecule has 0 rings (SSSR count). The van der Waals surface area contributed by atoms with Gasteiger partial charge in [-0.1, -0.05) is 86.5 Å². The van der Waals surface area contributed by atoms with Crippen LogP contribution in [0.2, 0.25) is 0 Å². The molecule has 0 heterocycles. The van der Waals surface area contributed by atoms with Crippen molar-refractivity contribution >= 4 is 23.8 Å². The minimum atomic E-state index is -0.288. The molecule has 0 amide bonds. The lowest BCUT2D eigenvalue weighted by Crippen LogP contribution is -2.32. The van der Waals surface area contributed by atoms with Gasteiger partial charge in [-0.15, -0.1) is 0 Å². The van der Waals surface area contributed by atoms with Gasteiger partial charge in [-0.05, 0) is 39.0 Å². The summed E-state index contributed by atoms with van der Waals surface area (Å²) in [6.07, 6.45) is 14.5. The Bertz CT molecular complexity index is 797. The first-order chi connectivity index (χ1) is 19.4. The molecule has 0 bridgehead atoms. The summed E-state index contributed by atoms with van der Waals surface area (Å²) in [7, 11) is 0. The second kappa shape index (κ2) is 32.5. The lowest BCUT2D eigenvalue weighted by Gasteiger charge is -2.20. The molecule has 0 aliphatic heterocycles. The minimum absolute atomic E-state index is 0.0887. The summed E-state index contributed by atoms with van der Waals surface area (Å²) in [6, 6.07) is 0. The highest BCUT2D eigenvalue weighted by atomic mass is 15.1. The van der Waals surface area contributed by atoms with Crippen LogP contribution < -0.4 is 39.3 Å². The summed E-state index contributed by atoms with van der Waals surface area (Å²) in [5, 5.41) is 21.3. The lowest BCUT2D eigenvalue weighted by atomic mass is 9.97. The first-order valence-electron chi connectivity index (χ1n) is 14.8. The number of nitrogens with zero attached hydrogens (tertiary/aromatic N) is 6. The van der Waals surface area contributed by atoms with Crippen LogP contribution in [-0.4, -0.2) is 42.5 Å². The van der Waals surface area contributed by atoms with Crippen LogP contribution in [-0.2, 0) is 0 Å². The number of nitrogens with two attached hydrogens (primary N) is 5. The first kappa shape index (κ1) is 44.3. The molecule has 0 unspecified atom stereocenters. The Morgan fingerprint density at radius 2 is 1.17 bits per heavy atom. The zero-order valence-electron chi connectivity index (χ0n) is 27.1. The van der Waals surface area contributed by atoms with Crippen molar-refractivity contribution in [2.24, 2.45) is 54.6 Å². The second-order valence-electron chi connectivity index (χ2n) is 9.59. The molecule has 0 aromatic carbocycles. The molecule has 0 aliphatic carbocycles. The maximum absolute atomic E-state index is 8.45. The maximum Gasteiger partial charge on any atom is 0.218 e. The van der Waals surface area contributed by atoms with Crippen molar-refractivity contribution in [2.45, 2.75) is 125 Å². The van der Waals surface area contributed by atoms with Gasteiger partial charge in [0.05, 0.1) is 5.54 Å². The van der Waals surface area contributed by atoms with Gasteiger partial charge in [0.1, 0.15) is 0 Å². The highest BCUT2D eigenvalue weighted by Gasteiger charge is 2.16. The largest absolute Gasteiger partial charge is 0.370 e. The molecule has 13 heteroatoms. The zero-order chi connectivity index (χ0) is 32.5. The number of nitrogens with one attached hydrogen (secondary N) is 2. The summed E-state index contributed by atoms with van der Waals surface area (Å²) < 4.78 is 0. The molecule has 0 atom stereocenters. The molecule has 13 nitrogen and oxygen atoms in total. The Balaban J connectivity index is -0.000000314. The predicted molar refractivity (Wildman–Crippen MR) is 176 cm³/mol. The van der Waals surface area contributed by atoms with E-state index in [0.717, 1.165) is 44.4 Å². The molecule has 0 radical (unpaired) electrons. The highest BCUT2D eigenvalue weighted by Crippen LogP contribution is 2.18. The molecule has 0 aliphatic rings. The van der Waals surface area contributed by atoms with Crippen molar-refractivity contribution in [2.75, 3.05) is 13.1 Å². The third kappa shape index (κ3) is 40.9. The molecular weight excluding hydrogens is 518 g/mol. The van der Waals surface area contributed by atoms with Gasteiger partial charge in [-0.2, -0.15) is 15.5 Å². The number of hydrogen-bond acceptors (Lipinski definition) is 5. The van der Waals surface area contributed by atoms with Crippen molar-refractivity contribution in [1.82, 2.24) is 10.6 Å². The van der Waals surface area contributed by atoms with Crippen molar-refractivity contribution in [3.63, 3.8) is 0 Å². The van der Waals surface area contributed by atoms with Gasteiger partial charge >= 0.3 is 0 Å². The van der Waals surface area contributed by atoms with E-state index in [2.05, 4.69) is 44.5 Å². The van der Waals surface area contributed by atoms with E-state index in [4.69, 9.17) is 39.2 Å². The molecule has 0 saturated carbocycles. The monoisotopic (exact) mass is 580 g/mol. The molecule has 0 aromatic rings. The van der Waals surface area contributed by atoms with Gasteiger partial charge in [-0.3, -0.25) is 20.6 Å². The van der Waals surface area contributed by atoms with Crippen LogP contribution in [0.25, 0.3) is 0 Å². The number of unbranched alkanes of at least 4 members (excludes halogenated alkanes) is 6. The van der Waals surface area contributed by atoms with E-state index >= 15 is 0 Å². The van der Waals surface area contributed by atoms with Crippen molar-refractivity contribution in [3.8, 4) is 12.4 Å². The van der Waals surface area contributed by atoms with Crippen LogP contribution in [0.4, 0.5) is 0 Å². The molecule has 0 aromatic heterocycles. The average Bonchev–Trinajstić information content (AvgIpc) is 2.89. The Hall–Kier alpha value is -3.74. The third-order valence-electron chi connectivity index (χ3n) is 4.98. The van der Waals surface area contributed by atoms with E-state index in [1.54, 1.807) is 12.4 Å². The van der Waals surface area contributed by atoms with Crippen LogP contribution in [0, 0.1) is 28.8 Å². The van der Waals surface area contributed by atoms with Crippen LogP contribution >= 0.6 is 0 Å². The van der Waals surface area contributed by atoms with Crippen LogP contribution in [0.5, 0.6) is 0 Å². The summed E-state index contributed by atoms with van der Waals surface area (Å²) >= 11 is 0. The van der Waals surface area contributed by atoms with Gasteiger partial charge in [0.25, 0.3) is 0 Å². The normalized spacial score (nSPS) is 11.2. The predicted octanol–water partition coefficient (Wildman–Crippen LogP) is 3.72. The fourth-order valence-electron chi connectivity index (χ4n) is 3.17. The van der Waals surface area contributed by atoms with Crippen molar-refractivity contribution in [3.05, 3.63) is 0 Å². The van der Waals surface area contributed by atoms with Crippen molar-refractivity contribution < 1.29 is 0 Å². The Morgan fingerprint density at radius 3 is 1.66 bits per heavy atom. The summed E-state index contributed by atoms with van der Waals surface area (Å²) in [4.78, 5) is 15.9. The van der Waals surface area contributed by atoms with E-state index in [-0.39, 0.29) is 29.4 Å². The average molecular weight is 580 g/mol. The fourth-order valence-corrected chi connectivity index (χ4v) is 3.17. The number of nitriles is 2. The molecule has 12 N–H and O–H groups in total. The quantitative estimate of drug-likeness (QED) is 0.0489. The summed E-state index contributed by atoms with van der Waals surface area (Å²) in [6.45, 7) is 17.8. The molecule has 0 fully saturated rings. The molecule has 41 heavy (non-hydrogen) atoms. The highest BCUT2D eigenvalue weighted by molar-refractivity contribution is 5.92. The summed E-state index contributed by atoms with van der Waals surface area (Å²) in [5.41, 5.74) is 26.5. The Labute approximate surface area is 250 Å². The van der Waals surface area contributed by atoms with E-state index in [1.807, 2.05) is 41.5 Å². The first-order valence-corrected chi connectivity index (χ1v) is 14.8.